The summed E-state index contributed by atoms with van der Waals surface area (Å²) in [6.45, 7) is 3.60. The van der Waals surface area contributed by atoms with Gasteiger partial charge in [0.1, 0.15) is 6.04 Å². The third-order valence-corrected chi connectivity index (χ3v) is 5.55. The van der Waals surface area contributed by atoms with Crippen molar-refractivity contribution in [2.45, 2.75) is 31.8 Å². The Balaban J connectivity index is 1.56. The highest BCUT2D eigenvalue weighted by Crippen LogP contribution is 2.43. The number of carboxylic acid groups (broad SMARTS) is 2. The number of hydrogen-bond donors (Lipinski definition) is 2. The lowest BCUT2D eigenvalue weighted by atomic mass is 9.76. The molecule has 1 spiro atoms. The van der Waals surface area contributed by atoms with E-state index in [4.69, 9.17) is 5.11 Å². The molecule has 1 aromatic rings. The van der Waals surface area contributed by atoms with Gasteiger partial charge in [0.05, 0.1) is 5.56 Å². The number of likely N-dealkylation sites (N-methyl/N-ethyl adjacent to an activating group) is 1. The molecule has 3 rings (SSSR count). The van der Waals surface area contributed by atoms with Crippen LogP contribution in [-0.2, 0) is 11.3 Å². The van der Waals surface area contributed by atoms with E-state index in [0.29, 0.717) is 5.56 Å². The molecule has 0 radical (unpaired) electrons. The van der Waals surface area contributed by atoms with Crippen molar-refractivity contribution < 1.29 is 19.8 Å². The van der Waals surface area contributed by atoms with Gasteiger partial charge in [-0.25, -0.2) is 4.79 Å². The minimum Gasteiger partial charge on any atom is -0.480 e. The van der Waals surface area contributed by atoms with Crippen molar-refractivity contribution in [1.82, 2.24) is 9.80 Å². The van der Waals surface area contributed by atoms with Gasteiger partial charge in [0, 0.05) is 13.1 Å². The highest BCUT2D eigenvalue weighted by atomic mass is 16.4. The van der Waals surface area contributed by atoms with Gasteiger partial charge in [-0.05, 0) is 62.5 Å². The first-order chi connectivity index (χ1) is 11.4. The number of carboxylic acids is 2. The van der Waals surface area contributed by atoms with Crippen LogP contribution in [0.4, 0.5) is 0 Å². The molecule has 2 fully saturated rings. The minimum atomic E-state index is -0.903. The van der Waals surface area contributed by atoms with Gasteiger partial charge in [-0.1, -0.05) is 12.1 Å². The molecule has 2 heterocycles. The number of carbonyl (C=O) groups is 2. The molecule has 0 saturated carbocycles. The van der Waals surface area contributed by atoms with Gasteiger partial charge in [0.2, 0.25) is 0 Å². The normalized spacial score (nSPS) is 24.3. The van der Waals surface area contributed by atoms with Crippen LogP contribution in [0.3, 0.4) is 0 Å². The van der Waals surface area contributed by atoms with E-state index < -0.39 is 11.9 Å². The average molecular weight is 332 g/mol. The van der Waals surface area contributed by atoms with Crippen molar-refractivity contribution in [2.75, 3.05) is 26.7 Å². The number of hydrogen-bond acceptors (Lipinski definition) is 4. The second-order valence-corrected chi connectivity index (χ2v) is 7.25. The van der Waals surface area contributed by atoms with Gasteiger partial charge >= 0.3 is 11.9 Å². The quantitative estimate of drug-likeness (QED) is 0.874. The molecule has 6 heteroatoms. The Morgan fingerprint density at radius 3 is 2.29 bits per heavy atom. The molecule has 130 valence electrons. The Labute approximate surface area is 141 Å². The van der Waals surface area contributed by atoms with E-state index in [1.165, 1.54) is 0 Å². The lowest BCUT2D eigenvalue weighted by Crippen LogP contribution is -2.40. The van der Waals surface area contributed by atoms with Crippen molar-refractivity contribution in [3.05, 3.63) is 35.4 Å². The topological polar surface area (TPSA) is 81.1 Å². The van der Waals surface area contributed by atoms with Crippen LogP contribution in [0.25, 0.3) is 0 Å². The van der Waals surface area contributed by atoms with E-state index in [1.807, 2.05) is 24.1 Å². The Morgan fingerprint density at radius 2 is 1.79 bits per heavy atom. The summed E-state index contributed by atoms with van der Waals surface area (Å²) in [6, 6.07) is 6.69. The second-order valence-electron chi connectivity index (χ2n) is 7.25. The molecule has 2 saturated heterocycles. The molecule has 24 heavy (non-hydrogen) atoms. The van der Waals surface area contributed by atoms with Crippen LogP contribution >= 0.6 is 0 Å². The Morgan fingerprint density at radius 1 is 1.17 bits per heavy atom. The average Bonchev–Trinajstić information content (AvgIpc) is 2.87. The van der Waals surface area contributed by atoms with E-state index in [1.54, 1.807) is 12.1 Å². The third kappa shape index (κ3) is 3.44. The molecule has 1 unspecified atom stereocenters. The standard InChI is InChI=1S/C18H24N2O4/c1-19-12-18(10-15(19)17(23)24)6-8-20(9-7-18)11-13-2-4-14(5-3-13)16(21)22/h2-5,15H,6-12H2,1H3,(H,21,22)(H,23,24). The smallest absolute Gasteiger partial charge is 0.335 e. The van der Waals surface area contributed by atoms with Crippen LogP contribution in [0, 0.1) is 5.41 Å². The van der Waals surface area contributed by atoms with Crippen LogP contribution in [0.2, 0.25) is 0 Å². The number of likely N-dealkylation sites (tertiary alicyclic amines) is 2. The summed E-state index contributed by atoms with van der Waals surface area (Å²) in [6.07, 6.45) is 2.79. The van der Waals surface area contributed by atoms with E-state index in [9.17, 15) is 14.7 Å². The zero-order chi connectivity index (χ0) is 17.3. The molecule has 2 aliphatic rings. The Kier molecular flexibility index (Phi) is 4.60. The predicted molar refractivity (Wildman–Crippen MR) is 89.0 cm³/mol. The summed E-state index contributed by atoms with van der Waals surface area (Å²) < 4.78 is 0. The number of rotatable bonds is 4. The minimum absolute atomic E-state index is 0.140. The molecular formula is C18H24N2O4. The van der Waals surface area contributed by atoms with Crippen LogP contribution in [-0.4, -0.2) is 64.7 Å². The van der Waals surface area contributed by atoms with Crippen molar-refractivity contribution in [3.8, 4) is 0 Å². The molecule has 0 aromatic heterocycles. The first kappa shape index (κ1) is 16.9. The molecular weight excluding hydrogens is 308 g/mol. The Bertz CT molecular complexity index is 620. The Hall–Kier alpha value is -1.92. The summed E-state index contributed by atoms with van der Waals surface area (Å²) in [4.78, 5) is 26.6. The molecule has 0 bridgehead atoms. The van der Waals surface area contributed by atoms with Gasteiger partial charge in [-0.3, -0.25) is 14.6 Å². The molecule has 0 amide bonds. The zero-order valence-electron chi connectivity index (χ0n) is 13.9. The lowest BCUT2D eigenvalue weighted by molar-refractivity contribution is -0.141. The highest BCUT2D eigenvalue weighted by molar-refractivity contribution is 5.87. The van der Waals surface area contributed by atoms with E-state index in [2.05, 4.69) is 4.90 Å². The number of benzene rings is 1. The van der Waals surface area contributed by atoms with Crippen LogP contribution < -0.4 is 0 Å². The third-order valence-electron chi connectivity index (χ3n) is 5.55. The first-order valence-corrected chi connectivity index (χ1v) is 8.36. The lowest BCUT2D eigenvalue weighted by Gasteiger charge is -2.39. The molecule has 0 aliphatic carbocycles. The van der Waals surface area contributed by atoms with Crippen LogP contribution in [0.5, 0.6) is 0 Å². The molecule has 2 aliphatic heterocycles. The van der Waals surface area contributed by atoms with Crippen molar-refractivity contribution >= 4 is 11.9 Å². The number of piperidine rings is 1. The van der Waals surface area contributed by atoms with Gasteiger partial charge in [-0.15, -0.1) is 0 Å². The first-order valence-electron chi connectivity index (χ1n) is 8.36. The molecule has 1 aromatic carbocycles. The van der Waals surface area contributed by atoms with E-state index in [0.717, 1.165) is 51.0 Å². The predicted octanol–water partition coefficient (Wildman–Crippen LogP) is 1.76. The van der Waals surface area contributed by atoms with E-state index in [-0.39, 0.29) is 11.5 Å². The fourth-order valence-electron chi connectivity index (χ4n) is 4.10. The molecule has 1 atom stereocenters. The van der Waals surface area contributed by atoms with Crippen molar-refractivity contribution in [1.29, 1.82) is 0 Å². The van der Waals surface area contributed by atoms with Crippen LogP contribution in [0.15, 0.2) is 24.3 Å². The maximum absolute atomic E-state index is 11.3. The van der Waals surface area contributed by atoms with E-state index >= 15 is 0 Å². The largest absolute Gasteiger partial charge is 0.480 e. The summed E-state index contributed by atoms with van der Waals surface area (Å²) >= 11 is 0. The number of aromatic carboxylic acids is 1. The van der Waals surface area contributed by atoms with Crippen molar-refractivity contribution in [3.63, 3.8) is 0 Å². The van der Waals surface area contributed by atoms with Gasteiger partial charge < -0.3 is 10.2 Å². The summed E-state index contributed by atoms with van der Waals surface area (Å²) in [5.74, 6) is -1.62. The number of nitrogens with zero attached hydrogens (tertiary/aromatic N) is 2. The number of aliphatic carboxylic acids is 1. The van der Waals surface area contributed by atoms with Crippen LogP contribution in [0.1, 0.15) is 35.2 Å². The summed E-state index contributed by atoms with van der Waals surface area (Å²) in [7, 11) is 1.91. The SMILES string of the molecule is CN1CC2(CCN(Cc3ccc(C(=O)O)cc3)CC2)CC1C(=O)O. The summed E-state index contributed by atoms with van der Waals surface area (Å²) in [5.41, 5.74) is 1.56. The summed E-state index contributed by atoms with van der Waals surface area (Å²) in [5, 5.41) is 18.3. The second kappa shape index (κ2) is 6.53. The fourth-order valence-corrected chi connectivity index (χ4v) is 4.10. The van der Waals surface area contributed by atoms with Crippen molar-refractivity contribution in [2.24, 2.45) is 5.41 Å². The maximum Gasteiger partial charge on any atom is 0.335 e. The molecule has 2 N–H and O–H groups in total. The maximum atomic E-state index is 11.3. The highest BCUT2D eigenvalue weighted by Gasteiger charge is 2.46. The van der Waals surface area contributed by atoms with Gasteiger partial charge in [0.15, 0.2) is 0 Å². The molecule has 6 nitrogen and oxygen atoms in total. The monoisotopic (exact) mass is 332 g/mol. The zero-order valence-corrected chi connectivity index (χ0v) is 13.9. The van der Waals surface area contributed by atoms with Gasteiger partial charge in [0.25, 0.3) is 0 Å². The van der Waals surface area contributed by atoms with Gasteiger partial charge in [-0.2, -0.15) is 0 Å². The fraction of sp³-hybridized carbons (Fsp3) is 0.556.